The van der Waals surface area contributed by atoms with E-state index in [-0.39, 0.29) is 9.92 Å². The van der Waals surface area contributed by atoms with Crippen LogP contribution >= 0.6 is 11.6 Å². The van der Waals surface area contributed by atoms with Gasteiger partial charge in [0.15, 0.2) is 0 Å². The maximum Gasteiger partial charge on any atom is 0.390 e. The Hall–Kier alpha value is -1.06. The Morgan fingerprint density at radius 1 is 1.42 bits per heavy atom. The number of nitrogens with one attached hydrogen (secondary N) is 1. The van der Waals surface area contributed by atoms with Gasteiger partial charge in [-0.2, -0.15) is 13.2 Å². The van der Waals surface area contributed by atoms with Crippen LogP contribution in [0.15, 0.2) is 22.0 Å². The van der Waals surface area contributed by atoms with Gasteiger partial charge in [0.05, 0.1) is 11.3 Å². The standard InChI is InChI=1S/C9H10ClF3N2O3S/c1-15(3-2-9(11,12)13)19(17,18)6-4-7(10)8(16)14-5-6/h4-5H,2-3H2,1H3,(H,14,16). The van der Waals surface area contributed by atoms with Crippen molar-refractivity contribution in [2.45, 2.75) is 17.5 Å². The summed E-state index contributed by atoms with van der Waals surface area (Å²) in [6.07, 6.45) is -4.83. The van der Waals surface area contributed by atoms with Gasteiger partial charge in [0.2, 0.25) is 10.0 Å². The van der Waals surface area contributed by atoms with Crippen molar-refractivity contribution in [3.8, 4) is 0 Å². The molecule has 0 fully saturated rings. The van der Waals surface area contributed by atoms with Crippen LogP contribution in [0.5, 0.6) is 0 Å². The van der Waals surface area contributed by atoms with Crippen molar-refractivity contribution in [1.82, 2.24) is 9.29 Å². The van der Waals surface area contributed by atoms with Crippen molar-refractivity contribution in [2.24, 2.45) is 0 Å². The number of halogens is 4. The Bertz CT molecular complexity index is 612. The lowest BCUT2D eigenvalue weighted by molar-refractivity contribution is -0.135. The lowest BCUT2D eigenvalue weighted by Gasteiger charge is -2.17. The van der Waals surface area contributed by atoms with Gasteiger partial charge in [0, 0.05) is 19.8 Å². The molecule has 0 aliphatic carbocycles. The van der Waals surface area contributed by atoms with Gasteiger partial charge < -0.3 is 4.98 Å². The molecular weight excluding hydrogens is 309 g/mol. The van der Waals surface area contributed by atoms with Gasteiger partial charge in [-0.3, -0.25) is 4.79 Å². The Morgan fingerprint density at radius 2 is 2.00 bits per heavy atom. The summed E-state index contributed by atoms with van der Waals surface area (Å²) in [6, 6.07) is 0.889. The molecule has 1 aromatic heterocycles. The Balaban J connectivity index is 2.97. The average molecular weight is 319 g/mol. The van der Waals surface area contributed by atoms with Crippen molar-refractivity contribution in [2.75, 3.05) is 13.6 Å². The minimum absolute atomic E-state index is 0.356. The van der Waals surface area contributed by atoms with Gasteiger partial charge in [0.25, 0.3) is 5.56 Å². The van der Waals surface area contributed by atoms with Crippen LogP contribution in [0.4, 0.5) is 13.2 Å². The molecule has 0 atom stereocenters. The van der Waals surface area contributed by atoms with Crippen molar-refractivity contribution in [3.63, 3.8) is 0 Å². The van der Waals surface area contributed by atoms with Crippen LogP contribution < -0.4 is 5.56 Å². The predicted molar refractivity (Wildman–Crippen MR) is 62.6 cm³/mol. The van der Waals surface area contributed by atoms with Gasteiger partial charge in [-0.05, 0) is 6.07 Å². The number of rotatable bonds is 4. The summed E-state index contributed by atoms with van der Waals surface area (Å²) < 4.78 is 60.4. The SMILES string of the molecule is CN(CCC(F)(F)F)S(=O)(=O)c1c[nH]c(=O)c(Cl)c1. The van der Waals surface area contributed by atoms with Crippen LogP contribution in [0.25, 0.3) is 0 Å². The average Bonchev–Trinajstić information content (AvgIpc) is 2.28. The van der Waals surface area contributed by atoms with E-state index >= 15 is 0 Å². The fourth-order valence-corrected chi connectivity index (χ4v) is 2.57. The summed E-state index contributed by atoms with van der Waals surface area (Å²) >= 11 is 5.47. The van der Waals surface area contributed by atoms with E-state index in [4.69, 9.17) is 11.6 Å². The molecule has 0 aliphatic rings. The largest absolute Gasteiger partial charge is 0.390 e. The molecular formula is C9H10ClF3N2O3S. The van der Waals surface area contributed by atoms with Gasteiger partial charge in [0.1, 0.15) is 5.02 Å². The maximum atomic E-state index is 12.0. The molecule has 0 aromatic carbocycles. The monoisotopic (exact) mass is 318 g/mol. The fourth-order valence-electron chi connectivity index (χ4n) is 1.17. The van der Waals surface area contributed by atoms with E-state index in [2.05, 4.69) is 4.98 Å². The molecule has 108 valence electrons. The van der Waals surface area contributed by atoms with Gasteiger partial charge >= 0.3 is 6.18 Å². The summed E-state index contributed by atoms with van der Waals surface area (Å²) in [4.78, 5) is 12.7. The third-order valence-corrected chi connectivity index (χ3v) is 4.37. The second-order valence-corrected chi connectivity index (χ2v) is 6.16. The molecule has 1 heterocycles. The first kappa shape index (κ1) is 16.0. The molecule has 0 spiro atoms. The van der Waals surface area contributed by atoms with Crippen LogP contribution in [0, 0.1) is 0 Å². The molecule has 0 radical (unpaired) electrons. The number of aromatic amines is 1. The number of hydrogen-bond donors (Lipinski definition) is 1. The number of sulfonamides is 1. The first-order valence-electron chi connectivity index (χ1n) is 4.95. The van der Waals surface area contributed by atoms with Crippen molar-refractivity contribution >= 4 is 21.6 Å². The maximum absolute atomic E-state index is 12.0. The first-order chi connectivity index (χ1) is 8.54. The molecule has 0 unspecified atom stereocenters. The Kier molecular flexibility index (Phi) is 4.64. The summed E-state index contributed by atoms with van der Waals surface area (Å²) in [5.41, 5.74) is -0.682. The lowest BCUT2D eigenvalue weighted by Crippen LogP contribution is -2.31. The van der Waals surface area contributed by atoms with Gasteiger partial charge in [-0.1, -0.05) is 11.6 Å². The van der Waals surface area contributed by atoms with Gasteiger partial charge in [-0.25, -0.2) is 12.7 Å². The van der Waals surface area contributed by atoms with Crippen molar-refractivity contribution in [3.05, 3.63) is 27.6 Å². The van der Waals surface area contributed by atoms with Crippen LogP contribution in [-0.4, -0.2) is 37.5 Å². The summed E-state index contributed by atoms with van der Waals surface area (Å²) in [5, 5.41) is -0.356. The fraction of sp³-hybridized carbons (Fsp3) is 0.444. The van der Waals surface area contributed by atoms with E-state index in [1.165, 1.54) is 0 Å². The van der Waals surface area contributed by atoms with E-state index in [0.29, 0.717) is 4.31 Å². The third kappa shape index (κ3) is 4.22. The lowest BCUT2D eigenvalue weighted by atomic mass is 10.4. The highest BCUT2D eigenvalue weighted by Crippen LogP contribution is 2.22. The minimum atomic E-state index is -4.45. The Labute approximate surface area is 112 Å². The molecule has 0 saturated heterocycles. The van der Waals surface area contributed by atoms with E-state index in [0.717, 1.165) is 19.3 Å². The molecule has 1 N–H and O–H groups in total. The second kappa shape index (κ2) is 5.51. The highest BCUT2D eigenvalue weighted by Gasteiger charge is 2.30. The Morgan fingerprint density at radius 3 is 2.47 bits per heavy atom. The summed E-state index contributed by atoms with van der Waals surface area (Å²) in [5.74, 6) is 0. The smallest absolute Gasteiger partial charge is 0.326 e. The van der Waals surface area contributed by atoms with Crippen LogP contribution in [0.3, 0.4) is 0 Å². The molecule has 5 nitrogen and oxygen atoms in total. The highest BCUT2D eigenvalue weighted by atomic mass is 35.5. The third-order valence-electron chi connectivity index (χ3n) is 2.25. The van der Waals surface area contributed by atoms with Crippen LogP contribution in [-0.2, 0) is 10.0 Å². The van der Waals surface area contributed by atoms with Crippen molar-refractivity contribution in [1.29, 1.82) is 0 Å². The minimum Gasteiger partial charge on any atom is -0.326 e. The zero-order valence-corrected chi connectivity index (χ0v) is 11.2. The van der Waals surface area contributed by atoms with E-state index in [1.54, 1.807) is 0 Å². The zero-order chi connectivity index (χ0) is 14.8. The molecule has 0 amide bonds. The molecule has 10 heteroatoms. The van der Waals surface area contributed by atoms with Crippen molar-refractivity contribution < 1.29 is 21.6 Å². The number of aromatic nitrogens is 1. The summed E-state index contributed by atoms with van der Waals surface area (Å²) in [7, 11) is -3.11. The summed E-state index contributed by atoms with van der Waals surface area (Å²) in [6.45, 7) is -0.720. The number of nitrogens with zero attached hydrogens (tertiary/aromatic N) is 1. The molecule has 0 saturated carbocycles. The van der Waals surface area contributed by atoms with E-state index in [1.807, 2.05) is 0 Å². The van der Waals surface area contributed by atoms with E-state index < -0.39 is 34.7 Å². The number of H-pyrrole nitrogens is 1. The number of alkyl halides is 3. The number of pyridine rings is 1. The van der Waals surface area contributed by atoms with Crippen LogP contribution in [0.1, 0.15) is 6.42 Å². The highest BCUT2D eigenvalue weighted by molar-refractivity contribution is 7.89. The molecule has 0 bridgehead atoms. The van der Waals surface area contributed by atoms with E-state index in [9.17, 15) is 26.4 Å². The molecule has 0 aliphatic heterocycles. The number of hydrogen-bond acceptors (Lipinski definition) is 3. The quantitative estimate of drug-likeness (QED) is 0.916. The normalized spacial score (nSPS) is 12.9. The molecule has 19 heavy (non-hydrogen) atoms. The second-order valence-electron chi connectivity index (χ2n) is 3.70. The zero-order valence-electron chi connectivity index (χ0n) is 9.66. The molecule has 1 aromatic rings. The first-order valence-corrected chi connectivity index (χ1v) is 6.77. The van der Waals surface area contributed by atoms with Crippen LogP contribution in [0.2, 0.25) is 5.02 Å². The molecule has 1 rings (SSSR count). The predicted octanol–water partition coefficient (Wildman–Crippen LogP) is 1.60. The topological polar surface area (TPSA) is 70.2 Å². The van der Waals surface area contributed by atoms with Gasteiger partial charge in [-0.15, -0.1) is 0 Å².